The molecule has 0 unspecified atom stereocenters. The highest BCUT2D eigenvalue weighted by molar-refractivity contribution is 5.92. The van der Waals surface area contributed by atoms with E-state index in [0.717, 1.165) is 23.2 Å². The largest absolute Gasteiger partial charge is 0.573 e. The number of carbonyl (C=O) groups is 1. The van der Waals surface area contributed by atoms with Gasteiger partial charge in [0, 0.05) is 5.69 Å². The van der Waals surface area contributed by atoms with Crippen LogP contribution in [-0.4, -0.2) is 35.5 Å². The van der Waals surface area contributed by atoms with Crippen LogP contribution in [0.25, 0.3) is 22.7 Å². The Morgan fingerprint density at radius 3 is 2.53 bits per heavy atom. The first-order valence-electron chi connectivity index (χ1n) is 11.4. The summed E-state index contributed by atoms with van der Waals surface area (Å²) in [6.07, 6.45) is -3.14. The van der Waals surface area contributed by atoms with Crippen LogP contribution in [0.1, 0.15) is 18.3 Å². The van der Waals surface area contributed by atoms with E-state index in [9.17, 15) is 23.2 Å². The number of rotatable bonds is 9. The van der Waals surface area contributed by atoms with Gasteiger partial charge in [-0.1, -0.05) is 18.2 Å². The number of nitrogens with one attached hydrogen (secondary N) is 2. The average Bonchev–Trinajstić information content (AvgIpc) is 3.31. The minimum Gasteiger partial charge on any atom is -0.490 e. The molecule has 1 aromatic heterocycles. The van der Waals surface area contributed by atoms with E-state index in [2.05, 4.69) is 26.1 Å². The van der Waals surface area contributed by atoms with E-state index >= 15 is 0 Å². The van der Waals surface area contributed by atoms with Crippen LogP contribution in [0.2, 0.25) is 0 Å². The molecule has 0 bridgehead atoms. The second kappa shape index (κ2) is 11.4. The number of alkyl halides is 3. The Morgan fingerprint density at radius 2 is 1.84 bits per heavy atom. The number of imidazole rings is 1. The molecule has 0 fully saturated rings. The van der Waals surface area contributed by atoms with Gasteiger partial charge in [-0.25, -0.2) is 4.98 Å². The number of nitrogens with zero attached hydrogens (tertiary/aromatic N) is 2. The van der Waals surface area contributed by atoms with Crippen molar-refractivity contribution in [1.82, 2.24) is 9.97 Å². The third-order valence-corrected chi connectivity index (χ3v) is 5.07. The number of amides is 1. The van der Waals surface area contributed by atoms with Gasteiger partial charge in [0.15, 0.2) is 18.1 Å². The number of nitriles is 1. The van der Waals surface area contributed by atoms with Crippen molar-refractivity contribution < 1.29 is 32.2 Å². The van der Waals surface area contributed by atoms with Gasteiger partial charge in [0.05, 0.1) is 23.2 Å². The van der Waals surface area contributed by atoms with Gasteiger partial charge in [0.2, 0.25) is 0 Å². The van der Waals surface area contributed by atoms with Crippen LogP contribution in [-0.2, 0) is 4.79 Å². The van der Waals surface area contributed by atoms with Crippen molar-refractivity contribution in [1.29, 1.82) is 5.26 Å². The van der Waals surface area contributed by atoms with E-state index in [-0.39, 0.29) is 12.3 Å². The molecule has 0 atom stereocenters. The molecule has 0 saturated carbocycles. The van der Waals surface area contributed by atoms with Crippen LogP contribution >= 0.6 is 0 Å². The molecular weight excluding hydrogens is 501 g/mol. The summed E-state index contributed by atoms with van der Waals surface area (Å²) in [6, 6.07) is 19.3. The highest BCUT2D eigenvalue weighted by atomic mass is 19.4. The molecule has 194 valence electrons. The van der Waals surface area contributed by atoms with Crippen molar-refractivity contribution >= 4 is 34.3 Å². The molecular formula is C27H21F3N4O4. The van der Waals surface area contributed by atoms with Gasteiger partial charge in [0.25, 0.3) is 5.91 Å². The van der Waals surface area contributed by atoms with Crippen molar-refractivity contribution in [2.24, 2.45) is 0 Å². The van der Waals surface area contributed by atoms with Crippen molar-refractivity contribution in [2.45, 2.75) is 13.3 Å². The molecule has 0 saturated heterocycles. The zero-order valence-electron chi connectivity index (χ0n) is 20.0. The molecule has 38 heavy (non-hydrogen) atoms. The Labute approximate surface area is 215 Å². The lowest BCUT2D eigenvalue weighted by Gasteiger charge is -2.13. The summed E-state index contributed by atoms with van der Waals surface area (Å²) in [5, 5.41) is 12.2. The van der Waals surface area contributed by atoms with E-state index < -0.39 is 18.0 Å². The lowest BCUT2D eigenvalue weighted by atomic mass is 10.1. The number of aromatic nitrogens is 2. The average molecular weight is 522 g/mol. The number of ether oxygens (including phenoxy) is 3. The predicted octanol–water partition coefficient (Wildman–Crippen LogP) is 5.94. The van der Waals surface area contributed by atoms with E-state index in [4.69, 9.17) is 9.47 Å². The summed E-state index contributed by atoms with van der Waals surface area (Å²) in [6.45, 7) is 1.75. The van der Waals surface area contributed by atoms with Gasteiger partial charge in [-0.2, -0.15) is 5.26 Å². The predicted molar refractivity (Wildman–Crippen MR) is 134 cm³/mol. The molecule has 4 aromatic rings. The molecule has 0 aliphatic rings. The van der Waals surface area contributed by atoms with Crippen LogP contribution in [0, 0.1) is 11.3 Å². The van der Waals surface area contributed by atoms with Crippen molar-refractivity contribution in [2.75, 3.05) is 18.5 Å². The Hall–Kier alpha value is -4.98. The Bertz CT molecular complexity index is 1470. The summed E-state index contributed by atoms with van der Waals surface area (Å²) in [5.41, 5.74) is 2.80. The first kappa shape index (κ1) is 26.1. The van der Waals surface area contributed by atoms with E-state index in [1.165, 1.54) is 12.1 Å². The highest BCUT2D eigenvalue weighted by Crippen LogP contribution is 2.30. The van der Waals surface area contributed by atoms with Crippen LogP contribution < -0.4 is 19.5 Å². The van der Waals surface area contributed by atoms with E-state index in [1.54, 1.807) is 31.2 Å². The van der Waals surface area contributed by atoms with Gasteiger partial charge in [-0.3, -0.25) is 4.79 Å². The third kappa shape index (κ3) is 6.82. The number of halogens is 3. The molecule has 2 N–H and O–H groups in total. The minimum atomic E-state index is -4.80. The van der Waals surface area contributed by atoms with Crippen LogP contribution in [0.5, 0.6) is 17.2 Å². The molecule has 0 spiro atoms. The number of fused-ring (bicyclic) bond motifs is 1. The maximum Gasteiger partial charge on any atom is 0.573 e. The first-order valence-corrected chi connectivity index (χ1v) is 11.4. The summed E-state index contributed by atoms with van der Waals surface area (Å²) < 4.78 is 51.9. The SMILES string of the molecule is CCOc1cc(/C=C(\C#N)c2nc3ccccc3[nH]2)ccc1OCC(=O)Nc1ccc(OC(F)(F)F)cc1. The van der Waals surface area contributed by atoms with Crippen molar-refractivity contribution in [3.05, 3.63) is 78.1 Å². The fourth-order valence-corrected chi connectivity index (χ4v) is 3.48. The lowest BCUT2D eigenvalue weighted by molar-refractivity contribution is -0.274. The standard InChI is InChI=1S/C27H21F3N4O4/c1-2-36-24-14-17(13-18(15-31)26-33-21-5-3-4-6-22(21)34-26)7-12-23(24)37-16-25(35)32-19-8-10-20(11-9-19)38-27(28,29)30/h3-14H,2,16H2,1H3,(H,32,35)(H,33,34)/b18-13+. The summed E-state index contributed by atoms with van der Waals surface area (Å²) >= 11 is 0. The second-order valence-electron chi connectivity index (χ2n) is 7.82. The fraction of sp³-hybridized carbons (Fsp3) is 0.148. The summed E-state index contributed by atoms with van der Waals surface area (Å²) in [7, 11) is 0. The van der Waals surface area contributed by atoms with Gasteiger partial charge in [-0.15, -0.1) is 13.2 Å². The van der Waals surface area contributed by atoms with E-state index in [1.807, 2.05) is 24.3 Å². The number of para-hydroxylation sites is 2. The third-order valence-electron chi connectivity index (χ3n) is 5.07. The Balaban J connectivity index is 1.43. The van der Waals surface area contributed by atoms with Gasteiger partial charge in [-0.05, 0) is 67.1 Å². The molecule has 4 rings (SSSR count). The number of hydrogen-bond donors (Lipinski definition) is 2. The normalized spacial score (nSPS) is 11.6. The quantitative estimate of drug-likeness (QED) is 0.263. The lowest BCUT2D eigenvalue weighted by Crippen LogP contribution is -2.20. The maximum absolute atomic E-state index is 12.3. The molecule has 11 heteroatoms. The van der Waals surface area contributed by atoms with Crippen molar-refractivity contribution in [3.8, 4) is 23.3 Å². The number of carbonyl (C=O) groups excluding carboxylic acids is 1. The Morgan fingerprint density at radius 1 is 1.08 bits per heavy atom. The van der Waals surface area contributed by atoms with Crippen LogP contribution in [0.4, 0.5) is 18.9 Å². The van der Waals surface area contributed by atoms with Gasteiger partial charge in [0.1, 0.15) is 17.6 Å². The topological polar surface area (TPSA) is 109 Å². The van der Waals surface area contributed by atoms with Crippen molar-refractivity contribution in [3.63, 3.8) is 0 Å². The zero-order valence-corrected chi connectivity index (χ0v) is 20.0. The van der Waals surface area contributed by atoms with Crippen LogP contribution in [0.3, 0.4) is 0 Å². The minimum absolute atomic E-state index is 0.272. The molecule has 1 amide bonds. The zero-order chi connectivity index (χ0) is 27.1. The van der Waals surface area contributed by atoms with Crippen LogP contribution in [0.15, 0.2) is 66.7 Å². The number of aromatic amines is 1. The molecule has 0 radical (unpaired) electrons. The highest BCUT2D eigenvalue weighted by Gasteiger charge is 2.31. The molecule has 0 aliphatic carbocycles. The first-order chi connectivity index (χ1) is 18.2. The molecule has 0 aliphatic heterocycles. The number of benzene rings is 3. The number of anilines is 1. The molecule has 1 heterocycles. The molecule has 3 aromatic carbocycles. The maximum atomic E-state index is 12.3. The summed E-state index contributed by atoms with van der Waals surface area (Å²) in [5.74, 6) is 0.168. The monoisotopic (exact) mass is 522 g/mol. The fourth-order valence-electron chi connectivity index (χ4n) is 3.48. The van der Waals surface area contributed by atoms with E-state index in [0.29, 0.717) is 35.1 Å². The number of hydrogen-bond acceptors (Lipinski definition) is 6. The molecule has 8 nitrogen and oxygen atoms in total. The number of allylic oxidation sites excluding steroid dienone is 1. The second-order valence-corrected chi connectivity index (χ2v) is 7.82. The number of H-pyrrole nitrogens is 1. The smallest absolute Gasteiger partial charge is 0.490 e. The van der Waals surface area contributed by atoms with Gasteiger partial charge < -0.3 is 24.5 Å². The van der Waals surface area contributed by atoms with Gasteiger partial charge >= 0.3 is 6.36 Å². The summed E-state index contributed by atoms with van der Waals surface area (Å²) in [4.78, 5) is 19.9. The Kier molecular flexibility index (Phi) is 7.82.